The molecule has 6 heteroatoms. The zero-order chi connectivity index (χ0) is 20.6. The molecule has 1 unspecified atom stereocenters. The van der Waals surface area contributed by atoms with Crippen LogP contribution >= 0.6 is 0 Å². The summed E-state index contributed by atoms with van der Waals surface area (Å²) < 4.78 is 5.20. The van der Waals surface area contributed by atoms with Gasteiger partial charge in [0.1, 0.15) is 0 Å². The first-order chi connectivity index (χ1) is 14.1. The highest BCUT2D eigenvalue weighted by atomic mass is 16.5. The monoisotopic (exact) mass is 402 g/mol. The van der Waals surface area contributed by atoms with Gasteiger partial charge in [-0.3, -0.25) is 14.7 Å². The van der Waals surface area contributed by atoms with Crippen molar-refractivity contribution in [3.05, 3.63) is 29.6 Å². The van der Waals surface area contributed by atoms with E-state index in [4.69, 9.17) is 4.74 Å². The lowest BCUT2D eigenvalue weighted by Crippen LogP contribution is -2.50. The standard InChI is InChI=1S/C23H38N4O2/c1-4-20(17-29-3)25-23(28)19-8-14-27(15-9-19)22-10-12-26(13-11-22)16-21-7-5-6-18(2)24-21/h5-7,19-20,22H,4,8-17H2,1-3H3,(H,25,28). The van der Waals surface area contributed by atoms with Crippen molar-refractivity contribution >= 4 is 5.91 Å². The number of nitrogens with zero attached hydrogens (tertiary/aromatic N) is 3. The lowest BCUT2D eigenvalue weighted by Gasteiger charge is -2.41. The van der Waals surface area contributed by atoms with E-state index in [0.29, 0.717) is 12.6 Å². The van der Waals surface area contributed by atoms with E-state index in [1.807, 2.05) is 0 Å². The first kappa shape index (κ1) is 22.2. The predicted molar refractivity (Wildman–Crippen MR) is 116 cm³/mol. The van der Waals surface area contributed by atoms with Gasteiger partial charge in [0.2, 0.25) is 5.91 Å². The number of carbonyl (C=O) groups excluding carboxylic acids is 1. The minimum Gasteiger partial charge on any atom is -0.383 e. The quantitative estimate of drug-likeness (QED) is 0.724. The van der Waals surface area contributed by atoms with Gasteiger partial charge in [0.15, 0.2) is 0 Å². The molecule has 2 aliphatic rings. The van der Waals surface area contributed by atoms with Gasteiger partial charge in [0.25, 0.3) is 0 Å². The number of likely N-dealkylation sites (tertiary alicyclic amines) is 2. The highest BCUT2D eigenvalue weighted by Gasteiger charge is 2.31. The summed E-state index contributed by atoms with van der Waals surface area (Å²) in [6, 6.07) is 7.09. The minimum atomic E-state index is 0.137. The van der Waals surface area contributed by atoms with Gasteiger partial charge in [-0.2, -0.15) is 0 Å². The maximum atomic E-state index is 12.6. The smallest absolute Gasteiger partial charge is 0.223 e. The van der Waals surface area contributed by atoms with Gasteiger partial charge >= 0.3 is 0 Å². The summed E-state index contributed by atoms with van der Waals surface area (Å²) in [6.07, 6.45) is 5.29. The average molecular weight is 403 g/mol. The first-order valence-corrected chi connectivity index (χ1v) is 11.3. The fourth-order valence-corrected chi connectivity index (χ4v) is 4.67. The molecule has 6 nitrogen and oxygen atoms in total. The number of amides is 1. The Bertz CT molecular complexity index is 638. The van der Waals surface area contributed by atoms with Crippen LogP contribution in [0.15, 0.2) is 18.2 Å². The number of aromatic nitrogens is 1. The molecule has 0 bridgehead atoms. The third kappa shape index (κ3) is 6.49. The van der Waals surface area contributed by atoms with E-state index in [2.05, 4.69) is 52.1 Å². The number of pyridine rings is 1. The normalized spacial score (nSPS) is 21.2. The maximum absolute atomic E-state index is 12.6. The van der Waals surface area contributed by atoms with Gasteiger partial charge < -0.3 is 15.0 Å². The Morgan fingerprint density at radius 2 is 1.93 bits per heavy atom. The summed E-state index contributed by atoms with van der Waals surface area (Å²) in [4.78, 5) is 22.4. The summed E-state index contributed by atoms with van der Waals surface area (Å²) in [5.74, 6) is 0.374. The molecule has 162 valence electrons. The molecule has 1 N–H and O–H groups in total. The van der Waals surface area contributed by atoms with E-state index < -0.39 is 0 Å². The van der Waals surface area contributed by atoms with Gasteiger partial charge in [0.05, 0.1) is 18.3 Å². The molecule has 1 aromatic rings. The second-order valence-corrected chi connectivity index (χ2v) is 8.66. The lowest BCUT2D eigenvalue weighted by molar-refractivity contribution is -0.127. The Kier molecular flexibility index (Phi) is 8.45. The molecule has 2 aliphatic heterocycles. The zero-order valence-corrected chi connectivity index (χ0v) is 18.4. The third-order valence-electron chi connectivity index (χ3n) is 6.51. The van der Waals surface area contributed by atoms with Crippen LogP contribution < -0.4 is 5.32 Å². The molecule has 1 amide bonds. The molecule has 29 heavy (non-hydrogen) atoms. The van der Waals surface area contributed by atoms with Crippen LogP contribution in [-0.4, -0.2) is 72.7 Å². The summed E-state index contributed by atoms with van der Waals surface area (Å²) in [5.41, 5.74) is 2.27. The Balaban J connectivity index is 1.39. The van der Waals surface area contributed by atoms with Crippen LogP contribution in [0.2, 0.25) is 0 Å². The number of rotatable bonds is 8. The van der Waals surface area contributed by atoms with E-state index in [-0.39, 0.29) is 17.9 Å². The highest BCUT2D eigenvalue weighted by Crippen LogP contribution is 2.24. The second kappa shape index (κ2) is 11.0. The number of hydrogen-bond acceptors (Lipinski definition) is 5. The van der Waals surface area contributed by atoms with Crippen LogP contribution in [0.5, 0.6) is 0 Å². The van der Waals surface area contributed by atoms with Crippen LogP contribution in [0.4, 0.5) is 0 Å². The molecule has 2 fully saturated rings. The maximum Gasteiger partial charge on any atom is 0.223 e. The van der Waals surface area contributed by atoms with Gasteiger partial charge in [-0.25, -0.2) is 0 Å². The van der Waals surface area contributed by atoms with Crippen LogP contribution in [0, 0.1) is 12.8 Å². The number of methoxy groups -OCH3 is 1. The van der Waals surface area contributed by atoms with E-state index in [1.54, 1.807) is 7.11 Å². The number of nitrogens with one attached hydrogen (secondary N) is 1. The highest BCUT2D eigenvalue weighted by molar-refractivity contribution is 5.79. The van der Waals surface area contributed by atoms with Crippen molar-refractivity contribution in [1.82, 2.24) is 20.1 Å². The molecular weight excluding hydrogens is 364 g/mol. The Hall–Kier alpha value is -1.50. The summed E-state index contributed by atoms with van der Waals surface area (Å²) >= 11 is 0. The molecule has 1 aromatic heterocycles. The van der Waals surface area contributed by atoms with Crippen LogP contribution in [0.1, 0.15) is 50.4 Å². The van der Waals surface area contributed by atoms with Crippen LogP contribution in [0.3, 0.4) is 0 Å². The van der Waals surface area contributed by atoms with Crippen LogP contribution in [-0.2, 0) is 16.1 Å². The molecule has 0 spiro atoms. The van der Waals surface area contributed by atoms with Crippen molar-refractivity contribution in [2.45, 2.75) is 64.6 Å². The fraction of sp³-hybridized carbons (Fsp3) is 0.739. The Morgan fingerprint density at radius 1 is 1.21 bits per heavy atom. The molecule has 3 heterocycles. The molecular formula is C23H38N4O2. The van der Waals surface area contributed by atoms with Gasteiger partial charge in [-0.05, 0) is 64.3 Å². The molecule has 2 saturated heterocycles. The van der Waals surface area contributed by atoms with Crippen LogP contribution in [0.25, 0.3) is 0 Å². The third-order valence-corrected chi connectivity index (χ3v) is 6.51. The SMILES string of the molecule is CCC(COC)NC(=O)C1CCN(C2CCN(Cc3cccc(C)n3)CC2)CC1. The Morgan fingerprint density at radius 3 is 2.55 bits per heavy atom. The minimum absolute atomic E-state index is 0.137. The molecule has 0 saturated carbocycles. The number of aryl methyl sites for hydroxylation is 1. The van der Waals surface area contributed by atoms with E-state index in [1.165, 1.54) is 18.5 Å². The fourth-order valence-electron chi connectivity index (χ4n) is 4.67. The topological polar surface area (TPSA) is 57.7 Å². The predicted octanol–water partition coefficient (Wildman–Crippen LogP) is 2.61. The van der Waals surface area contributed by atoms with E-state index in [9.17, 15) is 4.79 Å². The van der Waals surface area contributed by atoms with Crippen molar-refractivity contribution < 1.29 is 9.53 Å². The molecule has 3 rings (SSSR count). The molecule has 0 aliphatic carbocycles. The Labute approximate surface area is 176 Å². The lowest BCUT2D eigenvalue weighted by atomic mass is 9.92. The largest absolute Gasteiger partial charge is 0.383 e. The van der Waals surface area contributed by atoms with Crippen molar-refractivity contribution in [3.63, 3.8) is 0 Å². The van der Waals surface area contributed by atoms with Crippen molar-refractivity contribution in [3.8, 4) is 0 Å². The summed E-state index contributed by atoms with van der Waals surface area (Å²) in [5, 5.41) is 3.17. The van der Waals surface area contributed by atoms with Crippen molar-refractivity contribution in [2.75, 3.05) is 39.9 Å². The number of carbonyl (C=O) groups is 1. The van der Waals surface area contributed by atoms with Crippen molar-refractivity contribution in [1.29, 1.82) is 0 Å². The zero-order valence-electron chi connectivity index (χ0n) is 18.4. The van der Waals surface area contributed by atoms with Crippen molar-refractivity contribution in [2.24, 2.45) is 5.92 Å². The summed E-state index contributed by atoms with van der Waals surface area (Å²) in [6.45, 7) is 10.1. The number of piperidine rings is 2. The molecule has 1 atom stereocenters. The average Bonchev–Trinajstić information content (AvgIpc) is 2.74. The number of hydrogen-bond donors (Lipinski definition) is 1. The van der Waals surface area contributed by atoms with Gasteiger partial charge in [-0.15, -0.1) is 0 Å². The molecule has 0 aromatic carbocycles. The first-order valence-electron chi connectivity index (χ1n) is 11.3. The van der Waals surface area contributed by atoms with Gasteiger partial charge in [0, 0.05) is 44.4 Å². The molecule has 0 radical (unpaired) electrons. The second-order valence-electron chi connectivity index (χ2n) is 8.66. The van der Waals surface area contributed by atoms with E-state index >= 15 is 0 Å². The van der Waals surface area contributed by atoms with E-state index in [0.717, 1.165) is 57.7 Å². The number of ether oxygens (including phenoxy) is 1. The summed E-state index contributed by atoms with van der Waals surface area (Å²) in [7, 11) is 1.69. The van der Waals surface area contributed by atoms with Gasteiger partial charge in [-0.1, -0.05) is 13.0 Å².